The predicted octanol–water partition coefficient (Wildman–Crippen LogP) is 7.34. The molecule has 0 spiro atoms. The van der Waals surface area contributed by atoms with E-state index in [1.54, 1.807) is 13.2 Å². The Balaban J connectivity index is 1.53. The number of carbonyl (C=O) groups is 1. The lowest BCUT2D eigenvalue weighted by atomic mass is 9.88. The van der Waals surface area contributed by atoms with Gasteiger partial charge < -0.3 is 14.5 Å². The summed E-state index contributed by atoms with van der Waals surface area (Å²) in [4.78, 5) is 12.9. The Labute approximate surface area is 201 Å². The van der Waals surface area contributed by atoms with E-state index < -0.39 is 0 Å². The normalized spacial score (nSPS) is 10.9. The van der Waals surface area contributed by atoms with Crippen LogP contribution in [-0.2, 0) is 6.42 Å². The summed E-state index contributed by atoms with van der Waals surface area (Å²) in [5.41, 5.74) is 10.5. The van der Waals surface area contributed by atoms with Crippen LogP contribution >= 0.6 is 0 Å². The van der Waals surface area contributed by atoms with Crippen molar-refractivity contribution in [1.29, 1.82) is 0 Å². The maximum absolute atomic E-state index is 12.9. The molecule has 0 aliphatic carbocycles. The minimum atomic E-state index is -0.287. The highest BCUT2D eigenvalue weighted by molar-refractivity contribution is 6.02. The Morgan fingerprint density at radius 3 is 2.12 bits per heavy atom. The number of methoxy groups -OCH3 is 1. The van der Waals surface area contributed by atoms with Gasteiger partial charge in [0.1, 0.15) is 11.5 Å². The third-order valence-electron chi connectivity index (χ3n) is 6.94. The van der Waals surface area contributed by atoms with E-state index in [0.717, 1.165) is 16.9 Å². The Morgan fingerprint density at radius 2 is 1.47 bits per heavy atom. The molecule has 4 rings (SSSR count). The van der Waals surface area contributed by atoms with Crippen LogP contribution in [0.15, 0.2) is 65.1 Å². The zero-order chi connectivity index (χ0) is 24.4. The Hall–Kier alpha value is -3.79. The lowest BCUT2D eigenvalue weighted by Crippen LogP contribution is -2.11. The van der Waals surface area contributed by atoms with Crippen molar-refractivity contribution in [3.8, 4) is 16.9 Å². The average Bonchev–Trinajstić information content (AvgIpc) is 3.33. The van der Waals surface area contributed by atoms with Crippen LogP contribution < -0.4 is 10.1 Å². The van der Waals surface area contributed by atoms with E-state index in [4.69, 9.17) is 9.15 Å². The fraction of sp³-hybridized carbons (Fsp3) is 0.233. The van der Waals surface area contributed by atoms with Gasteiger partial charge in [-0.25, -0.2) is 0 Å². The van der Waals surface area contributed by atoms with Gasteiger partial charge >= 0.3 is 0 Å². The minimum Gasteiger partial charge on any atom is -0.496 e. The Bertz CT molecular complexity index is 1320. The van der Waals surface area contributed by atoms with Gasteiger partial charge in [-0.15, -0.1) is 0 Å². The second-order valence-corrected chi connectivity index (χ2v) is 8.78. The monoisotopic (exact) mass is 453 g/mol. The number of furan rings is 1. The van der Waals surface area contributed by atoms with Gasteiger partial charge in [-0.05, 0) is 97.8 Å². The van der Waals surface area contributed by atoms with Crippen molar-refractivity contribution in [2.45, 2.75) is 41.0 Å². The largest absolute Gasteiger partial charge is 0.496 e. The van der Waals surface area contributed by atoms with Crippen LogP contribution in [0.2, 0.25) is 0 Å². The zero-order valence-corrected chi connectivity index (χ0v) is 20.7. The molecule has 0 aliphatic rings. The number of ether oxygens (including phenoxy) is 1. The molecule has 0 bridgehead atoms. The van der Waals surface area contributed by atoms with Crippen LogP contribution in [0.25, 0.3) is 11.1 Å². The first-order chi connectivity index (χ1) is 16.3. The summed E-state index contributed by atoms with van der Waals surface area (Å²) in [6, 6.07) is 19.3. The van der Waals surface area contributed by atoms with Crippen molar-refractivity contribution in [3.63, 3.8) is 0 Å². The second-order valence-electron chi connectivity index (χ2n) is 8.78. The lowest BCUT2D eigenvalue weighted by molar-refractivity contribution is 0.0995. The molecule has 174 valence electrons. The number of carbonyl (C=O) groups excluding carboxylic acids is 1. The van der Waals surface area contributed by atoms with Gasteiger partial charge in [0.2, 0.25) is 0 Å². The lowest BCUT2D eigenvalue weighted by Gasteiger charge is -2.18. The molecule has 4 heteroatoms. The molecule has 0 fully saturated rings. The number of amides is 1. The van der Waals surface area contributed by atoms with Crippen molar-refractivity contribution in [2.24, 2.45) is 0 Å². The Kier molecular flexibility index (Phi) is 6.60. The standard InChI is InChI=1S/C30H31NO3/c1-18-19(2)21(4)27(22(5)20(18)3)17-25-13-15-28(34-25)30(32)31-24-12-14-26(29(16-24)33-6)23-10-8-7-9-11-23/h7-16H,17H2,1-6H3,(H,31,32). The van der Waals surface area contributed by atoms with E-state index in [1.165, 1.54) is 33.4 Å². The molecule has 4 aromatic rings. The summed E-state index contributed by atoms with van der Waals surface area (Å²) in [6.45, 7) is 10.8. The summed E-state index contributed by atoms with van der Waals surface area (Å²) >= 11 is 0. The molecule has 0 saturated heterocycles. The first-order valence-corrected chi connectivity index (χ1v) is 11.5. The summed E-state index contributed by atoms with van der Waals surface area (Å²) in [5.74, 6) is 1.47. The first kappa shape index (κ1) is 23.4. The molecule has 1 amide bonds. The van der Waals surface area contributed by atoms with Crippen LogP contribution in [0.4, 0.5) is 5.69 Å². The smallest absolute Gasteiger partial charge is 0.291 e. The quantitative estimate of drug-likeness (QED) is 0.332. The highest BCUT2D eigenvalue weighted by atomic mass is 16.5. The molecule has 0 radical (unpaired) electrons. The zero-order valence-electron chi connectivity index (χ0n) is 20.7. The molecule has 1 N–H and O–H groups in total. The highest BCUT2D eigenvalue weighted by Gasteiger charge is 2.17. The SMILES string of the molecule is COc1cc(NC(=O)c2ccc(Cc3c(C)c(C)c(C)c(C)c3C)o2)ccc1-c1ccccc1. The van der Waals surface area contributed by atoms with Crippen LogP contribution in [0.5, 0.6) is 5.75 Å². The number of rotatable bonds is 6. The molecule has 0 unspecified atom stereocenters. The van der Waals surface area contributed by atoms with Crippen LogP contribution in [0.1, 0.15) is 49.7 Å². The third-order valence-corrected chi connectivity index (χ3v) is 6.94. The average molecular weight is 454 g/mol. The molecule has 1 heterocycles. The van der Waals surface area contributed by atoms with Crippen LogP contribution in [0, 0.1) is 34.6 Å². The number of hydrogen-bond donors (Lipinski definition) is 1. The van der Waals surface area contributed by atoms with Gasteiger partial charge in [-0.2, -0.15) is 0 Å². The predicted molar refractivity (Wildman–Crippen MR) is 138 cm³/mol. The maximum Gasteiger partial charge on any atom is 0.291 e. The fourth-order valence-electron chi connectivity index (χ4n) is 4.43. The number of benzene rings is 3. The van der Waals surface area contributed by atoms with E-state index in [9.17, 15) is 4.79 Å². The van der Waals surface area contributed by atoms with E-state index in [0.29, 0.717) is 17.9 Å². The van der Waals surface area contributed by atoms with Gasteiger partial charge in [0.15, 0.2) is 5.76 Å². The molecule has 4 nitrogen and oxygen atoms in total. The van der Waals surface area contributed by atoms with Gasteiger partial charge in [0.25, 0.3) is 5.91 Å². The highest BCUT2D eigenvalue weighted by Crippen LogP contribution is 2.33. The summed E-state index contributed by atoms with van der Waals surface area (Å²) in [6.07, 6.45) is 0.659. The summed E-state index contributed by atoms with van der Waals surface area (Å²) in [7, 11) is 1.63. The fourth-order valence-corrected chi connectivity index (χ4v) is 4.43. The van der Waals surface area contributed by atoms with E-state index in [1.807, 2.05) is 54.6 Å². The number of nitrogens with one attached hydrogen (secondary N) is 1. The molecular formula is C30H31NO3. The Morgan fingerprint density at radius 1 is 0.824 bits per heavy atom. The van der Waals surface area contributed by atoms with Crippen LogP contribution in [0.3, 0.4) is 0 Å². The summed E-state index contributed by atoms with van der Waals surface area (Å²) in [5, 5.41) is 2.92. The van der Waals surface area contributed by atoms with E-state index in [-0.39, 0.29) is 11.7 Å². The minimum absolute atomic E-state index is 0.287. The van der Waals surface area contributed by atoms with Gasteiger partial charge in [-0.1, -0.05) is 30.3 Å². The molecule has 0 saturated carbocycles. The van der Waals surface area contributed by atoms with Gasteiger partial charge in [0, 0.05) is 23.7 Å². The van der Waals surface area contributed by atoms with Crippen molar-refractivity contribution in [2.75, 3.05) is 12.4 Å². The number of anilines is 1. The molecular weight excluding hydrogens is 422 g/mol. The molecule has 1 aromatic heterocycles. The first-order valence-electron chi connectivity index (χ1n) is 11.5. The second kappa shape index (κ2) is 9.60. The molecule has 0 aliphatic heterocycles. The molecule has 3 aromatic carbocycles. The van der Waals surface area contributed by atoms with Crippen molar-refractivity contribution in [1.82, 2.24) is 0 Å². The van der Waals surface area contributed by atoms with E-state index >= 15 is 0 Å². The molecule has 0 atom stereocenters. The van der Waals surface area contributed by atoms with Crippen molar-refractivity contribution >= 4 is 11.6 Å². The molecule has 34 heavy (non-hydrogen) atoms. The van der Waals surface area contributed by atoms with Crippen LogP contribution in [-0.4, -0.2) is 13.0 Å². The maximum atomic E-state index is 12.9. The van der Waals surface area contributed by atoms with Gasteiger partial charge in [-0.3, -0.25) is 4.79 Å². The van der Waals surface area contributed by atoms with Crippen molar-refractivity contribution < 1.29 is 13.9 Å². The van der Waals surface area contributed by atoms with Crippen molar-refractivity contribution in [3.05, 3.63) is 106 Å². The van der Waals surface area contributed by atoms with Gasteiger partial charge in [0.05, 0.1) is 7.11 Å². The van der Waals surface area contributed by atoms with E-state index in [2.05, 4.69) is 39.9 Å². The topological polar surface area (TPSA) is 51.5 Å². The summed E-state index contributed by atoms with van der Waals surface area (Å²) < 4.78 is 11.5. The third kappa shape index (κ3) is 4.49. The number of hydrogen-bond acceptors (Lipinski definition) is 3.